The third-order valence-corrected chi connectivity index (χ3v) is 4.32. The highest BCUT2D eigenvalue weighted by atomic mass is 32.1. The van der Waals surface area contributed by atoms with Gasteiger partial charge in [-0.05, 0) is 30.5 Å². The number of halogens is 1. The Morgan fingerprint density at radius 3 is 2.63 bits per heavy atom. The summed E-state index contributed by atoms with van der Waals surface area (Å²) < 4.78 is 17.7. The molecule has 1 heterocycles. The zero-order valence-corrected chi connectivity index (χ0v) is 11.2. The SMILES string of the molecule is COC(=O)c1nc(C2CC2)sc1-c1ccc(F)cc1. The molecule has 0 atom stereocenters. The fraction of sp³-hybridized carbons (Fsp3) is 0.286. The average molecular weight is 277 g/mol. The van der Waals surface area contributed by atoms with Gasteiger partial charge in [0.25, 0.3) is 0 Å². The van der Waals surface area contributed by atoms with Crippen molar-refractivity contribution in [3.8, 4) is 10.4 Å². The first-order valence-corrected chi connectivity index (χ1v) is 6.85. The Labute approximate surface area is 114 Å². The van der Waals surface area contributed by atoms with Crippen LogP contribution in [0.3, 0.4) is 0 Å². The van der Waals surface area contributed by atoms with Crippen LogP contribution in [0.1, 0.15) is 34.3 Å². The maximum absolute atomic E-state index is 13.0. The molecule has 0 amide bonds. The Kier molecular flexibility index (Phi) is 3.06. The maximum Gasteiger partial charge on any atom is 0.358 e. The van der Waals surface area contributed by atoms with E-state index in [1.165, 1.54) is 30.6 Å². The lowest BCUT2D eigenvalue weighted by Gasteiger charge is -2.00. The molecule has 0 aliphatic heterocycles. The zero-order valence-electron chi connectivity index (χ0n) is 10.4. The van der Waals surface area contributed by atoms with Crippen molar-refractivity contribution in [2.45, 2.75) is 18.8 Å². The summed E-state index contributed by atoms with van der Waals surface area (Å²) in [5.74, 6) is -0.264. The van der Waals surface area contributed by atoms with Crippen molar-refractivity contribution < 1.29 is 13.9 Å². The fourth-order valence-electron chi connectivity index (χ4n) is 1.87. The highest BCUT2D eigenvalue weighted by Crippen LogP contribution is 2.44. The van der Waals surface area contributed by atoms with E-state index in [1.807, 2.05) is 0 Å². The maximum atomic E-state index is 13.0. The molecule has 1 aliphatic carbocycles. The largest absolute Gasteiger partial charge is 0.464 e. The molecule has 1 saturated carbocycles. The summed E-state index contributed by atoms with van der Waals surface area (Å²) in [4.78, 5) is 16.9. The lowest BCUT2D eigenvalue weighted by Crippen LogP contribution is -2.03. The van der Waals surface area contributed by atoms with E-state index in [4.69, 9.17) is 4.74 Å². The number of nitrogens with zero attached hydrogens (tertiary/aromatic N) is 1. The van der Waals surface area contributed by atoms with Crippen LogP contribution in [0.15, 0.2) is 24.3 Å². The molecule has 19 heavy (non-hydrogen) atoms. The number of methoxy groups -OCH3 is 1. The van der Waals surface area contributed by atoms with Gasteiger partial charge in [0.05, 0.1) is 17.0 Å². The number of hydrogen-bond acceptors (Lipinski definition) is 4. The van der Waals surface area contributed by atoms with Crippen LogP contribution < -0.4 is 0 Å². The van der Waals surface area contributed by atoms with Gasteiger partial charge >= 0.3 is 5.97 Å². The van der Waals surface area contributed by atoms with Gasteiger partial charge in [0.15, 0.2) is 5.69 Å². The Hall–Kier alpha value is -1.75. The third-order valence-electron chi connectivity index (χ3n) is 3.06. The number of carbonyl (C=O) groups excluding carboxylic acids is 1. The smallest absolute Gasteiger partial charge is 0.358 e. The molecule has 3 nitrogen and oxygen atoms in total. The third kappa shape index (κ3) is 2.38. The molecule has 0 bridgehead atoms. The Morgan fingerprint density at radius 2 is 2.05 bits per heavy atom. The Bertz CT molecular complexity index is 617. The van der Waals surface area contributed by atoms with E-state index in [0.717, 1.165) is 28.3 Å². The summed E-state index contributed by atoms with van der Waals surface area (Å²) >= 11 is 1.50. The molecular formula is C14H12FNO2S. The minimum atomic E-state index is -0.442. The van der Waals surface area contributed by atoms with E-state index < -0.39 is 5.97 Å². The molecule has 0 N–H and O–H groups in total. The van der Waals surface area contributed by atoms with Crippen molar-refractivity contribution in [3.05, 3.63) is 40.8 Å². The van der Waals surface area contributed by atoms with Crippen molar-refractivity contribution in [3.63, 3.8) is 0 Å². The van der Waals surface area contributed by atoms with E-state index >= 15 is 0 Å². The molecule has 2 aromatic rings. The first-order chi connectivity index (χ1) is 9.19. The van der Waals surface area contributed by atoms with Gasteiger partial charge in [-0.3, -0.25) is 0 Å². The Morgan fingerprint density at radius 1 is 1.37 bits per heavy atom. The second-order valence-corrected chi connectivity index (χ2v) is 5.53. The number of esters is 1. The van der Waals surface area contributed by atoms with E-state index in [9.17, 15) is 9.18 Å². The zero-order chi connectivity index (χ0) is 13.4. The lowest BCUT2D eigenvalue weighted by molar-refractivity contribution is 0.0595. The molecule has 1 fully saturated rings. The van der Waals surface area contributed by atoms with Gasteiger partial charge in [0.2, 0.25) is 0 Å². The molecular weight excluding hydrogens is 265 g/mol. The van der Waals surface area contributed by atoms with Gasteiger partial charge < -0.3 is 4.74 Å². The van der Waals surface area contributed by atoms with Crippen LogP contribution in [0, 0.1) is 5.82 Å². The average Bonchev–Trinajstić information content (AvgIpc) is 3.18. The van der Waals surface area contributed by atoms with Crippen LogP contribution in [0.4, 0.5) is 4.39 Å². The number of thiazole rings is 1. The van der Waals surface area contributed by atoms with Crippen LogP contribution in [0.5, 0.6) is 0 Å². The molecule has 1 aliphatic rings. The molecule has 3 rings (SSSR count). The molecule has 0 radical (unpaired) electrons. The van der Waals surface area contributed by atoms with Crippen molar-refractivity contribution in [1.82, 2.24) is 4.98 Å². The van der Waals surface area contributed by atoms with Crippen molar-refractivity contribution >= 4 is 17.3 Å². The minimum absolute atomic E-state index is 0.296. The molecule has 0 spiro atoms. The molecule has 98 valence electrons. The lowest BCUT2D eigenvalue weighted by atomic mass is 10.1. The number of aromatic nitrogens is 1. The topological polar surface area (TPSA) is 39.2 Å². The summed E-state index contributed by atoms with van der Waals surface area (Å²) in [6, 6.07) is 6.08. The molecule has 0 unspecified atom stereocenters. The van der Waals surface area contributed by atoms with Crippen LogP contribution in [0.25, 0.3) is 10.4 Å². The number of rotatable bonds is 3. The number of ether oxygens (including phenoxy) is 1. The fourth-order valence-corrected chi connectivity index (χ4v) is 3.10. The van der Waals surface area contributed by atoms with Crippen molar-refractivity contribution in [2.75, 3.05) is 7.11 Å². The Balaban J connectivity index is 2.07. The van der Waals surface area contributed by atoms with Gasteiger partial charge in [-0.2, -0.15) is 0 Å². The van der Waals surface area contributed by atoms with Gasteiger partial charge in [-0.15, -0.1) is 11.3 Å². The highest BCUT2D eigenvalue weighted by molar-refractivity contribution is 7.15. The number of carbonyl (C=O) groups is 1. The van der Waals surface area contributed by atoms with Crippen LogP contribution in [-0.2, 0) is 4.74 Å². The monoisotopic (exact) mass is 277 g/mol. The van der Waals surface area contributed by atoms with Crippen LogP contribution in [0.2, 0.25) is 0 Å². The molecule has 0 saturated heterocycles. The molecule has 5 heteroatoms. The summed E-state index contributed by atoms with van der Waals surface area (Å²) in [6.07, 6.45) is 2.24. The molecule has 1 aromatic carbocycles. The predicted molar refractivity (Wildman–Crippen MR) is 70.8 cm³/mol. The van der Waals surface area contributed by atoms with Crippen LogP contribution in [-0.4, -0.2) is 18.1 Å². The first kappa shape index (κ1) is 12.3. The van der Waals surface area contributed by atoms with Gasteiger partial charge in [-0.25, -0.2) is 14.2 Å². The van der Waals surface area contributed by atoms with E-state index in [-0.39, 0.29) is 5.82 Å². The second-order valence-electron chi connectivity index (χ2n) is 4.50. The second kappa shape index (κ2) is 4.74. The van der Waals surface area contributed by atoms with Gasteiger partial charge in [-0.1, -0.05) is 12.1 Å². The van der Waals surface area contributed by atoms with Crippen molar-refractivity contribution in [2.24, 2.45) is 0 Å². The van der Waals surface area contributed by atoms with Crippen molar-refractivity contribution in [1.29, 1.82) is 0 Å². The van der Waals surface area contributed by atoms with Crippen LogP contribution >= 0.6 is 11.3 Å². The minimum Gasteiger partial charge on any atom is -0.464 e. The quantitative estimate of drug-likeness (QED) is 0.804. The number of hydrogen-bond donors (Lipinski definition) is 0. The summed E-state index contributed by atoms with van der Waals surface area (Å²) in [6.45, 7) is 0. The normalized spacial score (nSPS) is 14.4. The first-order valence-electron chi connectivity index (χ1n) is 6.04. The van der Waals surface area contributed by atoms with E-state index in [1.54, 1.807) is 12.1 Å². The highest BCUT2D eigenvalue weighted by Gasteiger charge is 2.30. The summed E-state index contributed by atoms with van der Waals surface area (Å²) in [5.41, 5.74) is 1.13. The van der Waals surface area contributed by atoms with Gasteiger partial charge in [0, 0.05) is 5.92 Å². The summed E-state index contributed by atoms with van der Waals surface area (Å²) in [7, 11) is 1.34. The van der Waals surface area contributed by atoms with E-state index in [0.29, 0.717) is 11.6 Å². The predicted octanol–water partition coefficient (Wildman–Crippen LogP) is 3.61. The van der Waals surface area contributed by atoms with E-state index in [2.05, 4.69) is 4.98 Å². The van der Waals surface area contributed by atoms with Gasteiger partial charge in [0.1, 0.15) is 5.82 Å². The summed E-state index contributed by atoms with van der Waals surface area (Å²) in [5, 5.41) is 0.972. The standard InChI is InChI=1S/C14H12FNO2S/c1-18-14(17)11-12(8-4-6-10(15)7-5-8)19-13(16-11)9-2-3-9/h4-7,9H,2-3H2,1H3. The number of benzene rings is 1. The molecule has 1 aromatic heterocycles.